The Hall–Kier alpha value is -1.22. The second-order valence-corrected chi connectivity index (χ2v) is 3.71. The Kier molecular flexibility index (Phi) is 3.97. The number of carboxylic acids is 1. The topological polar surface area (TPSA) is 40.5 Å². The first-order valence-electron chi connectivity index (χ1n) is 4.81. The molecule has 0 aliphatic heterocycles. The number of carbonyl (C=O) groups is 1. The number of nitrogens with zero attached hydrogens (tertiary/aromatic N) is 1. The molecule has 1 aromatic carbocycles. The van der Waals surface area contributed by atoms with E-state index in [0.717, 1.165) is 5.69 Å². The van der Waals surface area contributed by atoms with Crippen LogP contribution in [0.4, 0.5) is 5.69 Å². The summed E-state index contributed by atoms with van der Waals surface area (Å²) >= 11 is 5.77. The molecule has 0 spiro atoms. The van der Waals surface area contributed by atoms with Crippen LogP contribution in [0, 0.1) is 0 Å². The minimum Gasteiger partial charge on any atom is -0.480 e. The summed E-state index contributed by atoms with van der Waals surface area (Å²) in [4.78, 5) is 12.7. The molecule has 1 N–H and O–H groups in total. The third-order valence-corrected chi connectivity index (χ3v) is 2.58. The fourth-order valence-electron chi connectivity index (χ4n) is 1.45. The Morgan fingerprint density at radius 2 is 2.00 bits per heavy atom. The van der Waals surface area contributed by atoms with Crippen LogP contribution >= 0.6 is 11.6 Å². The quantitative estimate of drug-likeness (QED) is 0.860. The molecule has 0 radical (unpaired) electrons. The molecule has 0 saturated carbocycles. The lowest BCUT2D eigenvalue weighted by molar-refractivity contribution is -0.138. The van der Waals surface area contributed by atoms with Crippen LogP contribution in [0.1, 0.15) is 13.8 Å². The van der Waals surface area contributed by atoms with Crippen LogP contribution in [0.15, 0.2) is 24.3 Å². The molecule has 0 unspecified atom stereocenters. The van der Waals surface area contributed by atoms with E-state index in [1.54, 1.807) is 24.0 Å². The van der Waals surface area contributed by atoms with E-state index in [2.05, 4.69) is 0 Å². The smallest absolute Gasteiger partial charge is 0.326 e. The van der Waals surface area contributed by atoms with Gasteiger partial charge in [-0.2, -0.15) is 0 Å². The molecule has 0 saturated heterocycles. The zero-order valence-electron chi connectivity index (χ0n) is 8.77. The minimum atomic E-state index is -0.827. The van der Waals surface area contributed by atoms with Crippen LogP contribution in [-0.4, -0.2) is 23.7 Å². The number of benzene rings is 1. The third-order valence-electron chi connectivity index (χ3n) is 2.32. The summed E-state index contributed by atoms with van der Waals surface area (Å²) in [6.45, 7) is 4.24. The number of carboxylic acid groups (broad SMARTS) is 1. The molecule has 82 valence electrons. The number of hydrogen-bond acceptors (Lipinski definition) is 2. The maximum Gasteiger partial charge on any atom is 0.326 e. The van der Waals surface area contributed by atoms with Gasteiger partial charge >= 0.3 is 5.97 Å². The van der Waals surface area contributed by atoms with Crippen molar-refractivity contribution < 1.29 is 9.90 Å². The predicted octanol–water partition coefficient (Wildman–Crippen LogP) is 2.64. The van der Waals surface area contributed by atoms with Gasteiger partial charge in [-0.3, -0.25) is 0 Å². The van der Waals surface area contributed by atoms with Crippen molar-refractivity contribution in [3.63, 3.8) is 0 Å². The molecule has 0 amide bonds. The van der Waals surface area contributed by atoms with Crippen LogP contribution in [0.2, 0.25) is 5.02 Å². The molecular formula is C11H14ClNO2. The first kappa shape index (κ1) is 11.9. The molecule has 1 aromatic rings. The Balaban J connectivity index is 2.92. The van der Waals surface area contributed by atoms with Crippen LogP contribution in [0.3, 0.4) is 0 Å². The lowest BCUT2D eigenvalue weighted by Crippen LogP contribution is -2.38. The normalized spacial score (nSPS) is 12.2. The summed E-state index contributed by atoms with van der Waals surface area (Å²) in [5.74, 6) is -0.827. The van der Waals surface area contributed by atoms with Crippen LogP contribution < -0.4 is 4.90 Å². The molecule has 0 aliphatic rings. The van der Waals surface area contributed by atoms with Crippen molar-refractivity contribution in [1.29, 1.82) is 0 Å². The Morgan fingerprint density at radius 1 is 1.47 bits per heavy atom. The van der Waals surface area contributed by atoms with E-state index >= 15 is 0 Å². The number of hydrogen-bond donors (Lipinski definition) is 1. The summed E-state index contributed by atoms with van der Waals surface area (Å²) in [6.07, 6.45) is 0. The van der Waals surface area contributed by atoms with E-state index in [1.165, 1.54) is 0 Å². The van der Waals surface area contributed by atoms with Crippen molar-refractivity contribution in [3.8, 4) is 0 Å². The molecule has 1 atom stereocenters. The van der Waals surface area contributed by atoms with Gasteiger partial charge in [-0.1, -0.05) is 11.6 Å². The highest BCUT2D eigenvalue weighted by atomic mass is 35.5. The Bertz CT molecular complexity index is 337. The number of halogens is 1. The van der Waals surface area contributed by atoms with Gasteiger partial charge in [0.2, 0.25) is 0 Å². The number of aliphatic carboxylic acids is 1. The van der Waals surface area contributed by atoms with Crippen molar-refractivity contribution in [2.24, 2.45) is 0 Å². The second-order valence-electron chi connectivity index (χ2n) is 3.28. The maximum absolute atomic E-state index is 10.9. The van der Waals surface area contributed by atoms with Crippen LogP contribution in [0.25, 0.3) is 0 Å². The third kappa shape index (κ3) is 2.86. The Labute approximate surface area is 94.3 Å². The van der Waals surface area contributed by atoms with E-state index in [0.29, 0.717) is 11.6 Å². The molecule has 15 heavy (non-hydrogen) atoms. The molecule has 0 aliphatic carbocycles. The highest BCUT2D eigenvalue weighted by molar-refractivity contribution is 6.30. The van der Waals surface area contributed by atoms with Gasteiger partial charge in [0.05, 0.1) is 0 Å². The second kappa shape index (κ2) is 5.03. The van der Waals surface area contributed by atoms with Crippen LogP contribution in [-0.2, 0) is 4.79 Å². The standard InChI is InChI=1S/C11H14ClNO2/c1-3-13(8(2)11(14)15)10-6-4-9(12)5-7-10/h4-8H,3H2,1-2H3,(H,14,15)/t8-/m0/s1. The zero-order valence-corrected chi connectivity index (χ0v) is 9.53. The average molecular weight is 228 g/mol. The first-order chi connectivity index (χ1) is 7.06. The fraction of sp³-hybridized carbons (Fsp3) is 0.364. The lowest BCUT2D eigenvalue weighted by Gasteiger charge is -2.27. The average Bonchev–Trinajstić information content (AvgIpc) is 2.21. The van der Waals surface area contributed by atoms with Crippen molar-refractivity contribution in [2.75, 3.05) is 11.4 Å². The van der Waals surface area contributed by atoms with Gasteiger partial charge in [-0.15, -0.1) is 0 Å². The van der Waals surface area contributed by atoms with Crippen molar-refractivity contribution >= 4 is 23.3 Å². The van der Waals surface area contributed by atoms with E-state index in [1.807, 2.05) is 19.1 Å². The van der Waals surface area contributed by atoms with Gasteiger partial charge in [-0.05, 0) is 38.1 Å². The largest absolute Gasteiger partial charge is 0.480 e. The van der Waals surface area contributed by atoms with E-state index < -0.39 is 12.0 Å². The summed E-state index contributed by atoms with van der Waals surface area (Å²) in [5.41, 5.74) is 0.872. The Morgan fingerprint density at radius 3 is 2.40 bits per heavy atom. The summed E-state index contributed by atoms with van der Waals surface area (Å²) in [6, 6.07) is 6.63. The summed E-state index contributed by atoms with van der Waals surface area (Å²) in [7, 11) is 0. The highest BCUT2D eigenvalue weighted by Gasteiger charge is 2.18. The number of likely N-dealkylation sites (N-methyl/N-ethyl adjacent to an activating group) is 1. The van der Waals surface area contributed by atoms with Gasteiger partial charge < -0.3 is 10.0 Å². The molecular weight excluding hydrogens is 214 g/mol. The molecule has 0 aromatic heterocycles. The van der Waals surface area contributed by atoms with Gasteiger partial charge in [0, 0.05) is 17.3 Å². The summed E-state index contributed by atoms with van der Waals surface area (Å²) in [5, 5.41) is 9.58. The zero-order chi connectivity index (χ0) is 11.4. The predicted molar refractivity (Wildman–Crippen MR) is 61.6 cm³/mol. The van der Waals surface area contributed by atoms with Crippen LogP contribution in [0.5, 0.6) is 0 Å². The molecule has 4 heteroatoms. The van der Waals surface area contributed by atoms with Gasteiger partial charge in [0.1, 0.15) is 6.04 Å². The summed E-state index contributed by atoms with van der Waals surface area (Å²) < 4.78 is 0. The number of anilines is 1. The van der Waals surface area contributed by atoms with Crippen molar-refractivity contribution in [2.45, 2.75) is 19.9 Å². The van der Waals surface area contributed by atoms with Gasteiger partial charge in [-0.25, -0.2) is 4.79 Å². The molecule has 1 rings (SSSR count). The molecule has 0 bridgehead atoms. The fourth-order valence-corrected chi connectivity index (χ4v) is 1.57. The van der Waals surface area contributed by atoms with Crippen molar-refractivity contribution in [1.82, 2.24) is 0 Å². The van der Waals surface area contributed by atoms with E-state index in [-0.39, 0.29) is 0 Å². The lowest BCUT2D eigenvalue weighted by atomic mass is 10.2. The SMILES string of the molecule is CCN(c1ccc(Cl)cc1)[C@@H](C)C(=O)O. The van der Waals surface area contributed by atoms with Gasteiger partial charge in [0.15, 0.2) is 0 Å². The maximum atomic E-state index is 10.9. The number of rotatable bonds is 4. The highest BCUT2D eigenvalue weighted by Crippen LogP contribution is 2.19. The molecule has 3 nitrogen and oxygen atoms in total. The first-order valence-corrected chi connectivity index (χ1v) is 5.19. The van der Waals surface area contributed by atoms with E-state index in [4.69, 9.17) is 16.7 Å². The molecule has 0 fully saturated rings. The monoisotopic (exact) mass is 227 g/mol. The molecule has 0 heterocycles. The van der Waals surface area contributed by atoms with E-state index in [9.17, 15) is 4.79 Å². The van der Waals surface area contributed by atoms with Crippen molar-refractivity contribution in [3.05, 3.63) is 29.3 Å². The van der Waals surface area contributed by atoms with Gasteiger partial charge in [0.25, 0.3) is 0 Å². The minimum absolute atomic E-state index is 0.531.